The fourth-order valence-electron chi connectivity index (χ4n) is 4.01. The molecule has 28 heavy (non-hydrogen) atoms. The zero-order valence-corrected chi connectivity index (χ0v) is 19.5. The Hall–Kier alpha value is -0.590. The lowest BCUT2D eigenvalue weighted by Gasteiger charge is -2.04. The molecule has 0 aliphatic rings. The van der Waals surface area contributed by atoms with Crippen molar-refractivity contribution in [1.29, 1.82) is 0 Å². The second-order valence-electron chi connectivity index (χ2n) is 8.85. The predicted octanol–water partition coefficient (Wildman–Crippen LogP) is 9.73. The second-order valence-corrected chi connectivity index (χ2v) is 8.85. The Morgan fingerprint density at radius 2 is 0.750 bits per heavy atom. The van der Waals surface area contributed by atoms with Gasteiger partial charge in [-0.2, -0.15) is 0 Å². The maximum Gasteiger partial charge on any atom is 0.155 e. The summed E-state index contributed by atoms with van der Waals surface area (Å²) in [7, 11) is 0. The molecule has 166 valence electrons. The molecular weight excluding hydrogens is 340 g/mol. The first kappa shape index (κ1) is 27.4. The third kappa shape index (κ3) is 23.4. The van der Waals surface area contributed by atoms with Crippen molar-refractivity contribution in [2.75, 3.05) is 0 Å². The van der Waals surface area contributed by atoms with Crippen LogP contribution in [0.1, 0.15) is 155 Å². The van der Waals surface area contributed by atoms with E-state index < -0.39 is 0 Å². The molecule has 1 heteroatoms. The van der Waals surface area contributed by atoms with Gasteiger partial charge in [-0.25, -0.2) is 0 Å². The van der Waals surface area contributed by atoms with Crippen molar-refractivity contribution in [1.82, 2.24) is 0 Å². The molecule has 0 aromatic heterocycles. The minimum absolute atomic E-state index is 0.202. The van der Waals surface area contributed by atoms with E-state index in [-0.39, 0.29) is 5.78 Å². The summed E-state index contributed by atoms with van der Waals surface area (Å²) in [6, 6.07) is 0. The highest BCUT2D eigenvalue weighted by Gasteiger charge is 1.97. The number of carbonyl (C=O) groups excluding carboxylic acids is 1. The van der Waals surface area contributed by atoms with Crippen LogP contribution >= 0.6 is 0 Å². The van der Waals surface area contributed by atoms with E-state index in [1.165, 1.54) is 141 Å². The predicted molar refractivity (Wildman–Crippen MR) is 127 cm³/mol. The number of unbranched alkanes of at least 4 members (excludes halogenated alkanes) is 21. The first-order valence-electron chi connectivity index (χ1n) is 13.0. The maximum atomic E-state index is 11.1. The van der Waals surface area contributed by atoms with Crippen LogP contribution in [-0.4, -0.2) is 5.78 Å². The number of hydrogen-bond acceptors (Lipinski definition) is 1. The average molecular weight is 393 g/mol. The lowest BCUT2D eigenvalue weighted by atomic mass is 10.0. The van der Waals surface area contributed by atoms with Crippen molar-refractivity contribution in [3.8, 4) is 0 Å². The van der Waals surface area contributed by atoms with E-state index in [1.807, 2.05) is 0 Å². The molecule has 0 aliphatic carbocycles. The Bertz CT molecular complexity index is 320. The van der Waals surface area contributed by atoms with E-state index in [2.05, 4.69) is 13.5 Å². The van der Waals surface area contributed by atoms with E-state index in [4.69, 9.17) is 0 Å². The molecule has 0 heterocycles. The van der Waals surface area contributed by atoms with Gasteiger partial charge in [0.2, 0.25) is 0 Å². The minimum atomic E-state index is 0.202. The highest BCUT2D eigenvalue weighted by molar-refractivity contribution is 5.88. The van der Waals surface area contributed by atoms with Crippen molar-refractivity contribution in [3.05, 3.63) is 12.7 Å². The minimum Gasteiger partial charge on any atom is -0.295 e. The topological polar surface area (TPSA) is 17.1 Å². The number of rotatable bonds is 24. The van der Waals surface area contributed by atoms with E-state index in [0.717, 1.165) is 6.42 Å². The maximum absolute atomic E-state index is 11.1. The standard InChI is InChI=1S/C27H52O/c1-3-5-6-7-8-9-10-11-12-13-14-15-16-17-18-19-20-21-22-23-24-25-26-27(28)4-2/h4H,2-3,5-26H2,1H3. The van der Waals surface area contributed by atoms with Crippen molar-refractivity contribution in [2.24, 2.45) is 0 Å². The summed E-state index contributed by atoms with van der Waals surface area (Å²) >= 11 is 0. The average Bonchev–Trinajstić information content (AvgIpc) is 2.71. The fraction of sp³-hybridized carbons (Fsp3) is 0.889. The smallest absolute Gasteiger partial charge is 0.155 e. The monoisotopic (exact) mass is 392 g/mol. The van der Waals surface area contributed by atoms with Crippen LogP contribution < -0.4 is 0 Å². The van der Waals surface area contributed by atoms with Crippen molar-refractivity contribution in [2.45, 2.75) is 155 Å². The molecule has 0 unspecified atom stereocenters. The Balaban J connectivity index is 3.01. The zero-order chi connectivity index (χ0) is 20.5. The summed E-state index contributed by atoms with van der Waals surface area (Å²) in [4.78, 5) is 11.1. The fourth-order valence-corrected chi connectivity index (χ4v) is 4.01. The Labute approximate surface area is 178 Å². The number of ketones is 1. The lowest BCUT2D eigenvalue weighted by molar-refractivity contribution is -0.114. The van der Waals surface area contributed by atoms with Crippen molar-refractivity contribution < 1.29 is 4.79 Å². The molecule has 1 nitrogen and oxygen atoms in total. The second kappa shape index (κ2) is 24.4. The summed E-state index contributed by atoms with van der Waals surface area (Å²) in [5.74, 6) is 0.202. The highest BCUT2D eigenvalue weighted by Crippen LogP contribution is 2.15. The normalized spacial score (nSPS) is 11.0. The third-order valence-corrected chi connectivity index (χ3v) is 6.00. The van der Waals surface area contributed by atoms with Crippen LogP contribution in [0.5, 0.6) is 0 Å². The Kier molecular flexibility index (Phi) is 23.9. The molecule has 0 aromatic rings. The van der Waals surface area contributed by atoms with Crippen molar-refractivity contribution in [3.63, 3.8) is 0 Å². The van der Waals surface area contributed by atoms with Gasteiger partial charge in [-0.05, 0) is 12.5 Å². The highest BCUT2D eigenvalue weighted by atomic mass is 16.1. The van der Waals surface area contributed by atoms with Gasteiger partial charge in [-0.1, -0.05) is 148 Å². The van der Waals surface area contributed by atoms with Gasteiger partial charge in [-0.15, -0.1) is 0 Å². The number of carbonyl (C=O) groups is 1. The molecule has 0 amide bonds. The van der Waals surface area contributed by atoms with Gasteiger partial charge in [0.1, 0.15) is 0 Å². The Morgan fingerprint density at radius 1 is 0.500 bits per heavy atom. The Morgan fingerprint density at radius 3 is 1.00 bits per heavy atom. The van der Waals surface area contributed by atoms with Crippen LogP contribution in [0.2, 0.25) is 0 Å². The summed E-state index contributed by atoms with van der Waals surface area (Å²) < 4.78 is 0. The van der Waals surface area contributed by atoms with Crippen LogP contribution in [-0.2, 0) is 4.79 Å². The summed E-state index contributed by atoms with van der Waals surface area (Å²) in [6.45, 7) is 5.81. The number of allylic oxidation sites excluding steroid dienone is 1. The summed E-state index contributed by atoms with van der Waals surface area (Å²) in [5.41, 5.74) is 0. The molecule has 0 bridgehead atoms. The quantitative estimate of drug-likeness (QED) is 0.118. The van der Waals surface area contributed by atoms with Gasteiger partial charge in [0, 0.05) is 6.42 Å². The van der Waals surface area contributed by atoms with Crippen LogP contribution in [0.4, 0.5) is 0 Å². The largest absolute Gasteiger partial charge is 0.295 e. The van der Waals surface area contributed by atoms with Crippen LogP contribution in [0.3, 0.4) is 0 Å². The molecule has 0 saturated heterocycles. The van der Waals surface area contributed by atoms with Gasteiger partial charge in [0.15, 0.2) is 5.78 Å². The molecule has 0 saturated carbocycles. The molecule has 0 aliphatic heterocycles. The van der Waals surface area contributed by atoms with Gasteiger partial charge in [0.05, 0.1) is 0 Å². The molecule has 0 fully saturated rings. The first-order chi connectivity index (χ1) is 13.8. The van der Waals surface area contributed by atoms with Crippen LogP contribution in [0.25, 0.3) is 0 Å². The van der Waals surface area contributed by atoms with Crippen LogP contribution in [0, 0.1) is 0 Å². The van der Waals surface area contributed by atoms with E-state index in [0.29, 0.717) is 6.42 Å². The van der Waals surface area contributed by atoms with Gasteiger partial charge in [0.25, 0.3) is 0 Å². The molecule has 0 aromatic carbocycles. The summed E-state index contributed by atoms with van der Waals surface area (Å²) in [5, 5.41) is 0. The molecule has 0 atom stereocenters. The molecule has 0 spiro atoms. The number of hydrogen-bond donors (Lipinski definition) is 0. The molecule has 0 rings (SSSR count). The summed E-state index contributed by atoms with van der Waals surface area (Å²) in [6.07, 6.45) is 33.0. The van der Waals surface area contributed by atoms with Crippen molar-refractivity contribution >= 4 is 5.78 Å². The van der Waals surface area contributed by atoms with E-state index in [1.54, 1.807) is 0 Å². The lowest BCUT2D eigenvalue weighted by Crippen LogP contribution is -1.91. The van der Waals surface area contributed by atoms with Gasteiger partial charge < -0.3 is 0 Å². The zero-order valence-electron chi connectivity index (χ0n) is 19.5. The van der Waals surface area contributed by atoms with Gasteiger partial charge in [-0.3, -0.25) is 4.79 Å². The molecule has 0 N–H and O–H groups in total. The van der Waals surface area contributed by atoms with E-state index in [9.17, 15) is 4.79 Å². The SMILES string of the molecule is C=CC(=O)CCCCCCCCCCCCCCCCCCCCCCCC. The first-order valence-corrected chi connectivity index (χ1v) is 13.0. The van der Waals surface area contributed by atoms with Gasteiger partial charge >= 0.3 is 0 Å². The molecular formula is C27H52O. The van der Waals surface area contributed by atoms with E-state index >= 15 is 0 Å². The third-order valence-electron chi connectivity index (χ3n) is 6.00. The van der Waals surface area contributed by atoms with Crippen LogP contribution in [0.15, 0.2) is 12.7 Å². The molecule has 0 radical (unpaired) electrons.